The van der Waals surface area contributed by atoms with Crippen LogP contribution in [0.3, 0.4) is 0 Å². The second kappa shape index (κ2) is 10.9. The molecule has 1 saturated heterocycles. The van der Waals surface area contributed by atoms with Crippen LogP contribution < -0.4 is 16.0 Å². The van der Waals surface area contributed by atoms with Crippen LogP contribution in [0.2, 0.25) is 0 Å². The Kier molecular flexibility index (Phi) is 10.5. The topological polar surface area (TPSA) is 70.2 Å². The standard InChI is InChI=1S/C14H27N3O2.ClH/c1-11(2)17-14(19)7-10-16-13(18)4-3-12-5-8-15-9-6-12;/h11-12,15H,3-10H2,1-2H3,(H,16,18)(H,17,19);1H. The molecule has 0 unspecified atom stereocenters. The van der Waals surface area contributed by atoms with E-state index in [1.54, 1.807) is 0 Å². The lowest BCUT2D eigenvalue weighted by Crippen LogP contribution is -2.34. The molecule has 1 aliphatic heterocycles. The van der Waals surface area contributed by atoms with Gasteiger partial charge in [0, 0.05) is 25.4 Å². The van der Waals surface area contributed by atoms with E-state index in [-0.39, 0.29) is 30.3 Å². The summed E-state index contributed by atoms with van der Waals surface area (Å²) in [6.07, 6.45) is 4.24. The van der Waals surface area contributed by atoms with Crippen molar-refractivity contribution in [2.45, 2.75) is 52.0 Å². The van der Waals surface area contributed by atoms with Crippen molar-refractivity contribution in [1.29, 1.82) is 0 Å². The molecule has 2 amide bonds. The van der Waals surface area contributed by atoms with E-state index in [4.69, 9.17) is 0 Å². The fourth-order valence-electron chi connectivity index (χ4n) is 2.30. The van der Waals surface area contributed by atoms with Crippen LogP contribution in [0.25, 0.3) is 0 Å². The Balaban J connectivity index is 0.00000361. The maximum absolute atomic E-state index is 11.6. The molecule has 0 aromatic heterocycles. The zero-order chi connectivity index (χ0) is 14.1. The van der Waals surface area contributed by atoms with E-state index < -0.39 is 0 Å². The Hall–Kier alpha value is -0.810. The first-order chi connectivity index (χ1) is 9.08. The van der Waals surface area contributed by atoms with Crippen molar-refractivity contribution in [2.24, 2.45) is 5.92 Å². The van der Waals surface area contributed by atoms with Crippen molar-refractivity contribution in [1.82, 2.24) is 16.0 Å². The average Bonchev–Trinajstić information content (AvgIpc) is 2.36. The van der Waals surface area contributed by atoms with Gasteiger partial charge in [-0.15, -0.1) is 12.4 Å². The molecule has 5 nitrogen and oxygen atoms in total. The van der Waals surface area contributed by atoms with E-state index in [0.717, 1.165) is 19.5 Å². The van der Waals surface area contributed by atoms with Crippen LogP contribution in [0.4, 0.5) is 0 Å². The second-order valence-corrected chi connectivity index (χ2v) is 5.55. The van der Waals surface area contributed by atoms with Crippen molar-refractivity contribution in [3.63, 3.8) is 0 Å². The number of carbonyl (C=O) groups is 2. The van der Waals surface area contributed by atoms with Gasteiger partial charge >= 0.3 is 0 Å². The summed E-state index contributed by atoms with van der Waals surface area (Å²) in [4.78, 5) is 23.0. The van der Waals surface area contributed by atoms with Crippen LogP contribution in [0.15, 0.2) is 0 Å². The maximum Gasteiger partial charge on any atom is 0.221 e. The zero-order valence-electron chi connectivity index (χ0n) is 12.5. The lowest BCUT2D eigenvalue weighted by Gasteiger charge is -2.22. The molecule has 1 heterocycles. The molecule has 20 heavy (non-hydrogen) atoms. The van der Waals surface area contributed by atoms with Gasteiger partial charge in [0.25, 0.3) is 0 Å². The highest BCUT2D eigenvalue weighted by Gasteiger charge is 2.14. The smallest absolute Gasteiger partial charge is 0.221 e. The van der Waals surface area contributed by atoms with E-state index in [1.807, 2.05) is 13.8 Å². The Bertz CT molecular complexity index is 292. The maximum atomic E-state index is 11.6. The minimum Gasteiger partial charge on any atom is -0.356 e. The molecular weight excluding hydrogens is 278 g/mol. The number of nitrogens with one attached hydrogen (secondary N) is 3. The molecular formula is C14H28ClN3O2. The summed E-state index contributed by atoms with van der Waals surface area (Å²) in [5.74, 6) is 0.737. The van der Waals surface area contributed by atoms with Gasteiger partial charge in [-0.1, -0.05) is 0 Å². The van der Waals surface area contributed by atoms with Crippen LogP contribution in [-0.2, 0) is 9.59 Å². The fraction of sp³-hybridized carbons (Fsp3) is 0.857. The molecule has 0 aromatic carbocycles. The summed E-state index contributed by atoms with van der Waals surface area (Å²) in [5.41, 5.74) is 0. The number of hydrogen-bond donors (Lipinski definition) is 3. The molecule has 0 atom stereocenters. The van der Waals surface area contributed by atoms with Gasteiger partial charge < -0.3 is 16.0 Å². The molecule has 0 bridgehead atoms. The summed E-state index contributed by atoms with van der Waals surface area (Å²) in [7, 11) is 0. The summed E-state index contributed by atoms with van der Waals surface area (Å²) < 4.78 is 0. The van der Waals surface area contributed by atoms with Gasteiger partial charge in [-0.25, -0.2) is 0 Å². The molecule has 0 spiro atoms. The highest BCUT2D eigenvalue weighted by Crippen LogP contribution is 2.17. The molecule has 0 aliphatic carbocycles. The first-order valence-electron chi connectivity index (χ1n) is 7.34. The average molecular weight is 306 g/mol. The highest BCUT2D eigenvalue weighted by molar-refractivity contribution is 5.85. The third-order valence-electron chi connectivity index (χ3n) is 3.36. The van der Waals surface area contributed by atoms with Gasteiger partial charge in [0.1, 0.15) is 0 Å². The normalized spacial score (nSPS) is 15.6. The summed E-state index contributed by atoms with van der Waals surface area (Å²) >= 11 is 0. The van der Waals surface area contributed by atoms with Gasteiger partial charge in [0.15, 0.2) is 0 Å². The number of carbonyl (C=O) groups excluding carboxylic acids is 2. The molecule has 1 rings (SSSR count). The number of amides is 2. The van der Waals surface area contributed by atoms with Gasteiger partial charge in [0.2, 0.25) is 11.8 Å². The third-order valence-corrected chi connectivity index (χ3v) is 3.36. The number of piperidine rings is 1. The zero-order valence-corrected chi connectivity index (χ0v) is 13.4. The molecule has 1 aliphatic rings. The minimum atomic E-state index is -0.00588. The van der Waals surface area contributed by atoms with Gasteiger partial charge in [-0.3, -0.25) is 9.59 Å². The van der Waals surface area contributed by atoms with Gasteiger partial charge in [0.05, 0.1) is 0 Å². The highest BCUT2D eigenvalue weighted by atomic mass is 35.5. The van der Waals surface area contributed by atoms with E-state index in [9.17, 15) is 9.59 Å². The third kappa shape index (κ3) is 9.15. The summed E-state index contributed by atoms with van der Waals surface area (Å²) in [5, 5.41) is 8.93. The van der Waals surface area contributed by atoms with Crippen LogP contribution in [-0.4, -0.2) is 37.5 Å². The minimum absolute atomic E-state index is 0. The van der Waals surface area contributed by atoms with E-state index in [1.165, 1.54) is 12.8 Å². The van der Waals surface area contributed by atoms with Crippen molar-refractivity contribution in [2.75, 3.05) is 19.6 Å². The van der Waals surface area contributed by atoms with Crippen LogP contribution in [0.5, 0.6) is 0 Å². The Morgan fingerprint density at radius 2 is 1.80 bits per heavy atom. The first kappa shape index (κ1) is 19.2. The van der Waals surface area contributed by atoms with E-state index in [0.29, 0.717) is 25.3 Å². The summed E-state index contributed by atoms with van der Waals surface area (Å²) in [6, 6.07) is 0.156. The van der Waals surface area contributed by atoms with Crippen LogP contribution in [0.1, 0.15) is 46.0 Å². The van der Waals surface area contributed by atoms with Crippen molar-refractivity contribution in [3.8, 4) is 0 Å². The van der Waals surface area contributed by atoms with Crippen molar-refractivity contribution in [3.05, 3.63) is 0 Å². The molecule has 3 N–H and O–H groups in total. The van der Waals surface area contributed by atoms with E-state index >= 15 is 0 Å². The predicted octanol–water partition coefficient (Wildman–Crippen LogP) is 1.22. The number of hydrogen-bond acceptors (Lipinski definition) is 3. The SMILES string of the molecule is CC(C)NC(=O)CCNC(=O)CCC1CCNCC1.Cl. The molecule has 1 fully saturated rings. The van der Waals surface area contributed by atoms with Crippen molar-refractivity contribution < 1.29 is 9.59 Å². The summed E-state index contributed by atoms with van der Waals surface area (Å²) in [6.45, 7) is 6.43. The molecule has 0 saturated carbocycles. The Morgan fingerprint density at radius 1 is 1.15 bits per heavy atom. The molecule has 6 heteroatoms. The molecule has 0 radical (unpaired) electrons. The van der Waals surface area contributed by atoms with Crippen molar-refractivity contribution >= 4 is 24.2 Å². The molecule has 118 valence electrons. The quantitative estimate of drug-likeness (QED) is 0.662. The van der Waals surface area contributed by atoms with Gasteiger partial charge in [-0.2, -0.15) is 0 Å². The number of halogens is 1. The van der Waals surface area contributed by atoms with Gasteiger partial charge in [-0.05, 0) is 52.1 Å². The largest absolute Gasteiger partial charge is 0.356 e. The number of rotatable bonds is 7. The fourth-order valence-corrected chi connectivity index (χ4v) is 2.30. The van der Waals surface area contributed by atoms with Crippen LogP contribution in [0, 0.1) is 5.92 Å². The first-order valence-corrected chi connectivity index (χ1v) is 7.34. The monoisotopic (exact) mass is 305 g/mol. The lowest BCUT2D eigenvalue weighted by molar-refractivity contribution is -0.122. The molecule has 0 aromatic rings. The van der Waals surface area contributed by atoms with E-state index in [2.05, 4.69) is 16.0 Å². The Labute approximate surface area is 128 Å². The predicted molar refractivity (Wildman–Crippen MR) is 83.0 cm³/mol. The Morgan fingerprint density at radius 3 is 2.40 bits per heavy atom. The second-order valence-electron chi connectivity index (χ2n) is 5.55. The lowest BCUT2D eigenvalue weighted by atomic mass is 9.93. The van der Waals surface area contributed by atoms with Crippen LogP contribution >= 0.6 is 12.4 Å².